The number of rotatable bonds is 2. The summed E-state index contributed by atoms with van der Waals surface area (Å²) in [5.74, 6) is 2.19. The molecule has 2 nitrogen and oxygen atoms in total. The van der Waals surface area contributed by atoms with E-state index in [1.165, 1.54) is 33.4 Å². The van der Waals surface area contributed by atoms with Gasteiger partial charge in [0.1, 0.15) is 11.5 Å². The number of hydrogen-bond acceptors (Lipinski definition) is 2. The van der Waals surface area contributed by atoms with E-state index in [2.05, 4.69) is 60.7 Å². The summed E-state index contributed by atoms with van der Waals surface area (Å²) in [5.41, 5.74) is 7.82. The predicted octanol–water partition coefficient (Wildman–Crippen LogP) is 8.80. The molecule has 2 unspecified atom stereocenters. The Morgan fingerprint density at radius 3 is 1.41 bits per heavy atom. The Balaban J connectivity index is 1.53. The molecule has 186 valence electrons. The van der Waals surface area contributed by atoms with Gasteiger partial charge < -0.3 is 9.47 Å². The molecule has 0 bridgehead atoms. The van der Waals surface area contributed by atoms with Gasteiger partial charge in [0, 0.05) is 51.0 Å². The number of halogens is 4. The van der Waals surface area contributed by atoms with E-state index >= 15 is 0 Å². The molecule has 0 N–H and O–H groups in total. The van der Waals surface area contributed by atoms with Crippen LogP contribution in [0.5, 0.6) is 11.5 Å². The molecule has 3 aromatic rings. The van der Waals surface area contributed by atoms with Crippen molar-refractivity contribution in [3.05, 3.63) is 114 Å². The summed E-state index contributed by atoms with van der Waals surface area (Å²) in [5, 5.41) is 2.02. The van der Waals surface area contributed by atoms with Gasteiger partial charge in [0.25, 0.3) is 0 Å². The van der Waals surface area contributed by atoms with Crippen LogP contribution in [0.15, 0.2) is 80.8 Å². The Labute approximate surface area is 235 Å². The summed E-state index contributed by atoms with van der Waals surface area (Å²) in [7, 11) is 3.45. The highest BCUT2D eigenvalue weighted by Crippen LogP contribution is 2.87. The highest BCUT2D eigenvalue weighted by Gasteiger charge is 2.77. The van der Waals surface area contributed by atoms with Crippen molar-refractivity contribution in [2.45, 2.75) is 23.7 Å². The molecule has 1 saturated carbocycles. The number of allylic oxidation sites excluding steroid dienone is 4. The molecular weight excluding hydrogens is 546 g/mol. The van der Waals surface area contributed by atoms with Crippen LogP contribution in [0.25, 0.3) is 0 Å². The summed E-state index contributed by atoms with van der Waals surface area (Å²) in [6, 6.07) is 22.0. The number of hydrogen-bond donors (Lipinski definition) is 0. The minimum atomic E-state index is -0.193. The summed E-state index contributed by atoms with van der Waals surface area (Å²) in [4.78, 5) is 0. The van der Waals surface area contributed by atoms with Gasteiger partial charge >= 0.3 is 0 Å². The normalized spacial score (nSPS) is 33.6. The van der Waals surface area contributed by atoms with Gasteiger partial charge in [-0.25, -0.2) is 0 Å². The quantitative estimate of drug-likeness (QED) is 0.308. The van der Waals surface area contributed by atoms with E-state index in [0.29, 0.717) is 20.1 Å². The van der Waals surface area contributed by atoms with Crippen molar-refractivity contribution in [3.63, 3.8) is 0 Å². The van der Waals surface area contributed by atoms with E-state index in [-0.39, 0.29) is 40.9 Å². The standard InChI is InChI=1S/C31H22Cl4O2/c1-36-13-7-9-17-19(11-13)23-15-5-3-4-6-16(15)24-20-12-14(37-2)8-10-18(20)26-22-21(25(17)31(23,24)26)27(32)29(34)30(35)28(22)33/h3-12,21-26H,1-2H3/t21?,22?,23-,24-,25+,26+,31?/m1/s1. The van der Waals surface area contributed by atoms with Crippen LogP contribution in [0.4, 0.5) is 0 Å². The topological polar surface area (TPSA) is 18.5 Å². The smallest absolute Gasteiger partial charge is 0.119 e. The number of ether oxygens (including phenoxy) is 2. The van der Waals surface area contributed by atoms with Gasteiger partial charge in [-0.05, 0) is 57.6 Å². The first kappa shape index (κ1) is 22.8. The maximum atomic E-state index is 7.16. The summed E-state index contributed by atoms with van der Waals surface area (Å²) >= 11 is 27.8. The van der Waals surface area contributed by atoms with Crippen LogP contribution >= 0.6 is 46.4 Å². The first-order valence-corrected chi connectivity index (χ1v) is 14.0. The fraction of sp³-hybridized carbons (Fsp3) is 0.290. The maximum Gasteiger partial charge on any atom is 0.119 e. The van der Waals surface area contributed by atoms with Crippen molar-refractivity contribution in [1.82, 2.24) is 0 Å². The molecule has 0 saturated heterocycles. The fourth-order valence-electron chi connectivity index (χ4n) is 9.03. The molecule has 1 fully saturated rings. The van der Waals surface area contributed by atoms with Crippen molar-refractivity contribution < 1.29 is 9.47 Å². The second kappa shape index (κ2) is 7.51. The lowest BCUT2D eigenvalue weighted by Gasteiger charge is -2.37. The number of methoxy groups -OCH3 is 2. The van der Waals surface area contributed by atoms with Crippen molar-refractivity contribution >= 4 is 46.4 Å². The van der Waals surface area contributed by atoms with Crippen LogP contribution in [-0.4, -0.2) is 14.2 Å². The van der Waals surface area contributed by atoms with Gasteiger partial charge in [-0.15, -0.1) is 0 Å². The molecule has 6 atom stereocenters. The minimum absolute atomic E-state index is 0.0571. The molecule has 8 rings (SSSR count). The molecule has 6 heteroatoms. The Bertz CT molecular complexity index is 1490. The third-order valence-electron chi connectivity index (χ3n) is 9.88. The van der Waals surface area contributed by atoms with Crippen LogP contribution in [0.2, 0.25) is 0 Å². The van der Waals surface area contributed by atoms with Gasteiger partial charge in [0.2, 0.25) is 0 Å². The molecule has 0 radical (unpaired) electrons. The second-order valence-corrected chi connectivity index (χ2v) is 12.4. The van der Waals surface area contributed by atoms with Crippen molar-refractivity contribution in [2.24, 2.45) is 17.3 Å². The molecule has 0 aliphatic heterocycles. The average Bonchev–Trinajstić information content (AvgIpc) is 3.57. The van der Waals surface area contributed by atoms with E-state index in [9.17, 15) is 0 Å². The summed E-state index contributed by atoms with van der Waals surface area (Å²) in [6.07, 6.45) is 0. The third-order valence-corrected chi connectivity index (χ3v) is 11.8. The first-order valence-electron chi connectivity index (χ1n) is 12.5. The lowest BCUT2D eigenvalue weighted by atomic mass is 9.64. The zero-order valence-corrected chi connectivity index (χ0v) is 23.1. The van der Waals surface area contributed by atoms with E-state index in [0.717, 1.165) is 11.5 Å². The highest BCUT2D eigenvalue weighted by molar-refractivity contribution is 6.51. The van der Waals surface area contributed by atoms with Gasteiger partial charge in [-0.2, -0.15) is 0 Å². The average molecular weight is 568 g/mol. The fourth-order valence-corrected chi connectivity index (χ4v) is 10.3. The van der Waals surface area contributed by atoms with Crippen LogP contribution in [-0.2, 0) is 0 Å². The Morgan fingerprint density at radius 1 is 0.568 bits per heavy atom. The summed E-state index contributed by atoms with van der Waals surface area (Å²) < 4.78 is 11.4. The van der Waals surface area contributed by atoms with E-state index in [4.69, 9.17) is 55.9 Å². The molecular formula is C31H22Cl4O2. The van der Waals surface area contributed by atoms with Gasteiger partial charge in [0.05, 0.1) is 24.3 Å². The molecule has 5 aliphatic rings. The lowest BCUT2D eigenvalue weighted by molar-refractivity contribution is 0.218. The Kier molecular flexibility index (Phi) is 4.64. The first-order chi connectivity index (χ1) is 17.9. The minimum Gasteiger partial charge on any atom is -0.497 e. The van der Waals surface area contributed by atoms with Crippen LogP contribution in [0.3, 0.4) is 0 Å². The van der Waals surface area contributed by atoms with E-state index < -0.39 is 0 Å². The Hall–Kier alpha value is -2.10. The van der Waals surface area contributed by atoms with Crippen molar-refractivity contribution in [2.75, 3.05) is 14.2 Å². The van der Waals surface area contributed by atoms with E-state index in [1.807, 2.05) is 0 Å². The molecule has 3 aromatic carbocycles. The molecule has 0 amide bonds. The largest absolute Gasteiger partial charge is 0.497 e. The van der Waals surface area contributed by atoms with Crippen LogP contribution in [0, 0.1) is 17.3 Å². The van der Waals surface area contributed by atoms with Crippen molar-refractivity contribution in [1.29, 1.82) is 0 Å². The molecule has 0 heterocycles. The summed E-state index contributed by atoms with van der Waals surface area (Å²) in [6.45, 7) is 0. The SMILES string of the molecule is COc1ccc2c(c1)[C@H]1c3ccccc3[C@@H]3c4cc(OC)ccc4[C@H]4C5C(Cl)=C(Cl)C(Cl)=C(Cl)C5[C@H]2C134. The van der Waals surface area contributed by atoms with Crippen molar-refractivity contribution in [3.8, 4) is 11.5 Å². The molecule has 0 aromatic heterocycles. The zero-order valence-electron chi connectivity index (χ0n) is 20.1. The molecule has 5 aliphatic carbocycles. The van der Waals surface area contributed by atoms with Crippen LogP contribution in [0.1, 0.15) is 57.1 Å². The lowest BCUT2D eigenvalue weighted by Crippen LogP contribution is -2.30. The second-order valence-electron chi connectivity index (χ2n) is 10.8. The van der Waals surface area contributed by atoms with Gasteiger partial charge in [0.15, 0.2) is 0 Å². The predicted molar refractivity (Wildman–Crippen MR) is 148 cm³/mol. The molecule has 37 heavy (non-hydrogen) atoms. The highest BCUT2D eigenvalue weighted by atomic mass is 35.5. The maximum absolute atomic E-state index is 7.16. The Morgan fingerprint density at radius 2 is 1.00 bits per heavy atom. The van der Waals surface area contributed by atoms with E-state index in [1.54, 1.807) is 14.2 Å². The monoisotopic (exact) mass is 566 g/mol. The number of fused-ring (bicyclic) bond motifs is 12. The van der Waals surface area contributed by atoms with Gasteiger partial charge in [-0.3, -0.25) is 0 Å². The van der Waals surface area contributed by atoms with Gasteiger partial charge in [-0.1, -0.05) is 82.8 Å². The third kappa shape index (κ3) is 2.44. The number of benzene rings is 3. The molecule has 1 spiro atoms. The zero-order chi connectivity index (χ0) is 25.4. The van der Waals surface area contributed by atoms with Crippen LogP contribution < -0.4 is 9.47 Å².